The molecule has 0 radical (unpaired) electrons. The Labute approximate surface area is 350 Å². The molecule has 1 atom stereocenters. The van der Waals surface area contributed by atoms with Crippen molar-refractivity contribution >= 4 is 46.6 Å². The van der Waals surface area contributed by atoms with Gasteiger partial charge in [-0.15, -0.1) is 0 Å². The molecule has 7 aromatic rings. The van der Waals surface area contributed by atoms with Gasteiger partial charge in [-0.25, -0.2) is 0 Å². The number of anilines is 5. The SMILES string of the molecule is Cc1cc(-c2ccc(-c3ccccc3)c3c2Nc2cccc4c2C3(C)c2ccccc2-4)c2c(c1)N1c3cc4c(cc3C(C)(C)c3cccc(c31)B2)C(C)(C)CCC4(C)C. The molecule has 1 unspecified atom stereocenters. The van der Waals surface area contributed by atoms with Gasteiger partial charge in [0.05, 0.1) is 11.4 Å². The van der Waals surface area contributed by atoms with Gasteiger partial charge < -0.3 is 10.2 Å². The summed E-state index contributed by atoms with van der Waals surface area (Å²) in [6.07, 6.45) is 2.40. The van der Waals surface area contributed by atoms with Crippen LogP contribution in [0.2, 0.25) is 0 Å². The van der Waals surface area contributed by atoms with Gasteiger partial charge in [-0.05, 0) is 134 Å². The second-order valence-electron chi connectivity index (χ2n) is 20.2. The summed E-state index contributed by atoms with van der Waals surface area (Å²) >= 11 is 0. The molecule has 288 valence electrons. The fourth-order valence-corrected chi connectivity index (χ4v) is 12.4. The minimum atomic E-state index is -0.341. The van der Waals surface area contributed by atoms with Crippen molar-refractivity contribution in [2.75, 3.05) is 10.2 Å². The van der Waals surface area contributed by atoms with Crippen molar-refractivity contribution in [3.8, 4) is 33.4 Å². The smallest absolute Gasteiger partial charge is 0.198 e. The number of hydrogen-bond acceptors (Lipinski definition) is 2. The van der Waals surface area contributed by atoms with Gasteiger partial charge >= 0.3 is 0 Å². The Morgan fingerprint density at radius 2 is 1.20 bits per heavy atom. The van der Waals surface area contributed by atoms with E-state index in [4.69, 9.17) is 0 Å². The molecular formula is C56H51BN2. The van der Waals surface area contributed by atoms with Crippen LogP contribution in [0.5, 0.6) is 0 Å². The van der Waals surface area contributed by atoms with E-state index < -0.39 is 0 Å². The molecule has 3 aliphatic heterocycles. The predicted octanol–water partition coefficient (Wildman–Crippen LogP) is 12.9. The van der Waals surface area contributed by atoms with Gasteiger partial charge in [0.25, 0.3) is 0 Å². The largest absolute Gasteiger partial charge is 0.354 e. The molecule has 0 fully saturated rings. The highest BCUT2D eigenvalue weighted by molar-refractivity contribution is 6.73. The Kier molecular flexibility index (Phi) is 6.84. The monoisotopic (exact) mass is 762 g/mol. The van der Waals surface area contributed by atoms with Gasteiger partial charge in [-0.2, -0.15) is 0 Å². The Bertz CT molecular complexity index is 3000. The Morgan fingerprint density at radius 3 is 2.00 bits per heavy atom. The van der Waals surface area contributed by atoms with Gasteiger partial charge in [-0.1, -0.05) is 156 Å². The zero-order valence-electron chi connectivity index (χ0n) is 35.7. The van der Waals surface area contributed by atoms with Gasteiger partial charge in [-0.3, -0.25) is 0 Å². The number of hydrogen-bond donors (Lipinski definition) is 1. The van der Waals surface area contributed by atoms with Crippen molar-refractivity contribution in [3.63, 3.8) is 0 Å². The van der Waals surface area contributed by atoms with Gasteiger partial charge in [0.2, 0.25) is 0 Å². The molecule has 0 saturated heterocycles. The quantitative estimate of drug-likeness (QED) is 0.176. The van der Waals surface area contributed by atoms with E-state index in [1.165, 1.54) is 130 Å². The number of para-hydroxylation sites is 1. The minimum Gasteiger partial charge on any atom is -0.354 e. The Hall–Kier alpha value is -5.80. The van der Waals surface area contributed by atoms with Crippen LogP contribution in [0.1, 0.15) is 106 Å². The van der Waals surface area contributed by atoms with Crippen LogP contribution in [0.3, 0.4) is 0 Å². The summed E-state index contributed by atoms with van der Waals surface area (Å²) in [6, 6.07) is 49.1. The third-order valence-electron chi connectivity index (χ3n) is 15.5. The first-order chi connectivity index (χ1) is 28.3. The topological polar surface area (TPSA) is 15.3 Å². The summed E-state index contributed by atoms with van der Waals surface area (Å²) in [4.78, 5) is 2.69. The highest BCUT2D eigenvalue weighted by Gasteiger charge is 2.49. The maximum absolute atomic E-state index is 4.14. The van der Waals surface area contributed by atoms with E-state index in [9.17, 15) is 0 Å². The molecule has 3 heteroatoms. The first-order valence-corrected chi connectivity index (χ1v) is 21.8. The average molecular weight is 763 g/mol. The minimum absolute atomic E-state index is 0.108. The molecule has 59 heavy (non-hydrogen) atoms. The third-order valence-corrected chi connectivity index (χ3v) is 15.5. The highest BCUT2D eigenvalue weighted by atomic mass is 15.2. The lowest BCUT2D eigenvalue weighted by Crippen LogP contribution is -2.46. The van der Waals surface area contributed by atoms with Crippen molar-refractivity contribution in [1.82, 2.24) is 0 Å². The lowest BCUT2D eigenvalue weighted by Gasteiger charge is -2.49. The first kappa shape index (κ1) is 35.2. The number of benzene rings is 7. The zero-order chi connectivity index (χ0) is 40.4. The summed E-state index contributed by atoms with van der Waals surface area (Å²) < 4.78 is 0. The van der Waals surface area contributed by atoms with E-state index in [1.54, 1.807) is 0 Å². The summed E-state index contributed by atoms with van der Waals surface area (Å²) in [7, 11) is 0.884. The fourth-order valence-electron chi connectivity index (χ4n) is 12.4. The molecule has 1 N–H and O–H groups in total. The highest BCUT2D eigenvalue weighted by Crippen LogP contribution is 2.63. The molecule has 0 amide bonds. The van der Waals surface area contributed by atoms with Crippen LogP contribution in [-0.2, 0) is 21.7 Å². The molecule has 12 rings (SSSR count). The normalized spacial score (nSPS) is 19.8. The molecule has 3 heterocycles. The maximum Gasteiger partial charge on any atom is 0.198 e. The summed E-state index contributed by atoms with van der Waals surface area (Å²) in [5, 5.41) is 4.14. The number of fused-ring (bicyclic) bond motifs is 10. The predicted molar refractivity (Wildman–Crippen MR) is 251 cm³/mol. The van der Waals surface area contributed by atoms with Crippen LogP contribution in [0.15, 0.2) is 127 Å². The van der Waals surface area contributed by atoms with Crippen molar-refractivity contribution in [1.29, 1.82) is 0 Å². The van der Waals surface area contributed by atoms with Crippen LogP contribution >= 0.6 is 0 Å². The second kappa shape index (κ2) is 11.5. The molecule has 5 aliphatic rings. The van der Waals surface area contributed by atoms with Crippen LogP contribution in [-0.4, -0.2) is 7.28 Å². The molecule has 0 spiro atoms. The van der Waals surface area contributed by atoms with Crippen molar-refractivity contribution in [2.24, 2.45) is 0 Å². The Balaban J connectivity index is 1.15. The van der Waals surface area contributed by atoms with Crippen molar-refractivity contribution < 1.29 is 0 Å². The lowest BCUT2D eigenvalue weighted by molar-refractivity contribution is 0.331. The zero-order valence-corrected chi connectivity index (χ0v) is 35.7. The van der Waals surface area contributed by atoms with Crippen LogP contribution in [0.4, 0.5) is 28.4 Å². The summed E-state index contributed by atoms with van der Waals surface area (Å²) in [6.45, 7) is 19.6. The van der Waals surface area contributed by atoms with Crippen molar-refractivity contribution in [2.45, 2.75) is 89.9 Å². The number of aryl methyl sites for hydroxylation is 1. The average Bonchev–Trinajstić information content (AvgIpc) is 3.50. The summed E-state index contributed by atoms with van der Waals surface area (Å²) in [5.41, 5.74) is 28.2. The molecule has 0 saturated carbocycles. The fraction of sp³-hybridized carbons (Fsp3) is 0.250. The van der Waals surface area contributed by atoms with E-state index in [1.807, 2.05) is 0 Å². The van der Waals surface area contributed by atoms with E-state index in [0.717, 1.165) is 7.28 Å². The second-order valence-corrected chi connectivity index (χ2v) is 20.2. The first-order valence-electron chi connectivity index (χ1n) is 21.8. The van der Waals surface area contributed by atoms with E-state index in [2.05, 4.69) is 193 Å². The van der Waals surface area contributed by atoms with Gasteiger partial charge in [0.15, 0.2) is 7.28 Å². The molecular weight excluding hydrogens is 711 g/mol. The van der Waals surface area contributed by atoms with E-state index in [0.29, 0.717) is 0 Å². The van der Waals surface area contributed by atoms with E-state index >= 15 is 0 Å². The Morgan fingerprint density at radius 1 is 0.525 bits per heavy atom. The molecule has 2 aliphatic carbocycles. The van der Waals surface area contributed by atoms with Crippen LogP contribution < -0.4 is 21.1 Å². The van der Waals surface area contributed by atoms with Crippen LogP contribution in [0.25, 0.3) is 33.4 Å². The standard InChI is InChI=1S/C56H51BN2/c1-32-28-38(37-25-24-34(33-16-10-9-11-17-33)49-51(37)58-45-23-14-19-36-35-18-12-13-20-39(35)56(49,8)48(36)45)50-47(29-32)59-46-31-42-41(53(2,3)26-27-54(42,4)5)30-43(46)55(6,7)40-21-15-22-44(57-50)52(40)59/h9-25,28-31,57-58H,26-27H2,1-8H3. The number of nitrogens with one attached hydrogen (secondary N) is 1. The number of rotatable bonds is 2. The number of nitrogens with zero attached hydrogens (tertiary/aromatic N) is 1. The molecule has 0 aromatic heterocycles. The molecule has 2 nitrogen and oxygen atoms in total. The summed E-state index contributed by atoms with van der Waals surface area (Å²) in [5.74, 6) is 0. The van der Waals surface area contributed by atoms with Gasteiger partial charge in [0.1, 0.15) is 0 Å². The molecule has 0 bridgehead atoms. The van der Waals surface area contributed by atoms with Gasteiger partial charge in [0, 0.05) is 33.5 Å². The van der Waals surface area contributed by atoms with E-state index in [-0.39, 0.29) is 21.7 Å². The van der Waals surface area contributed by atoms with Crippen molar-refractivity contribution in [3.05, 3.63) is 172 Å². The lowest BCUT2D eigenvalue weighted by atomic mass is 9.55. The third kappa shape index (κ3) is 4.49. The maximum atomic E-state index is 4.14. The van der Waals surface area contributed by atoms with Crippen LogP contribution in [0, 0.1) is 6.92 Å². The molecule has 7 aromatic carbocycles.